The fraction of sp³-hybridized carbons (Fsp3) is 0.615. The van der Waals surface area contributed by atoms with E-state index in [1.165, 1.54) is 19.3 Å². The maximum atomic E-state index is 9.17. The van der Waals surface area contributed by atoms with Gasteiger partial charge in [-0.05, 0) is 38.7 Å². The molecule has 2 aliphatic carbocycles. The minimum atomic E-state index is -0.343. The first-order chi connectivity index (χ1) is 7.73. The monoisotopic (exact) mass is 213 g/mol. The van der Waals surface area contributed by atoms with E-state index in [-0.39, 0.29) is 5.41 Å². The third-order valence-electron chi connectivity index (χ3n) is 3.79. The molecule has 2 fully saturated rings. The Morgan fingerprint density at radius 1 is 1.38 bits per heavy atom. The Kier molecular flexibility index (Phi) is 2.00. The van der Waals surface area contributed by atoms with Gasteiger partial charge in [-0.2, -0.15) is 5.26 Å². The highest BCUT2D eigenvalue weighted by Gasteiger charge is 2.48. The molecule has 1 heterocycles. The summed E-state index contributed by atoms with van der Waals surface area (Å²) in [5.74, 6) is 1.40. The second kappa shape index (κ2) is 3.28. The molecular formula is C13H15N3. The average Bonchev–Trinajstić information content (AvgIpc) is 2.94. The van der Waals surface area contributed by atoms with Gasteiger partial charge in [0, 0.05) is 17.3 Å². The molecule has 0 spiro atoms. The summed E-state index contributed by atoms with van der Waals surface area (Å²) in [5, 5.41) is 9.17. The van der Waals surface area contributed by atoms with Crippen molar-refractivity contribution in [3.05, 3.63) is 23.3 Å². The van der Waals surface area contributed by atoms with Gasteiger partial charge < -0.3 is 0 Å². The van der Waals surface area contributed by atoms with Crippen LogP contribution < -0.4 is 0 Å². The van der Waals surface area contributed by atoms with Crippen LogP contribution in [-0.4, -0.2) is 9.97 Å². The van der Waals surface area contributed by atoms with Crippen molar-refractivity contribution in [2.45, 2.75) is 50.4 Å². The molecule has 0 amide bonds. The van der Waals surface area contributed by atoms with E-state index in [9.17, 15) is 5.26 Å². The molecule has 16 heavy (non-hydrogen) atoms. The minimum absolute atomic E-state index is 0.343. The largest absolute Gasteiger partial charge is 0.236 e. The maximum absolute atomic E-state index is 9.17. The van der Waals surface area contributed by atoms with Crippen LogP contribution in [0.3, 0.4) is 0 Å². The van der Waals surface area contributed by atoms with Gasteiger partial charge in [-0.1, -0.05) is 6.42 Å². The number of hydrogen-bond acceptors (Lipinski definition) is 3. The van der Waals surface area contributed by atoms with Crippen molar-refractivity contribution in [2.24, 2.45) is 0 Å². The van der Waals surface area contributed by atoms with Crippen LogP contribution in [0.5, 0.6) is 0 Å². The van der Waals surface area contributed by atoms with Crippen molar-refractivity contribution >= 4 is 0 Å². The van der Waals surface area contributed by atoms with Gasteiger partial charge in [0.2, 0.25) is 0 Å². The van der Waals surface area contributed by atoms with Crippen molar-refractivity contribution in [2.75, 3.05) is 0 Å². The molecule has 3 nitrogen and oxygen atoms in total. The number of aromatic nitrogens is 2. The second-order valence-corrected chi connectivity index (χ2v) is 5.08. The molecule has 0 aliphatic heterocycles. The quantitative estimate of drug-likeness (QED) is 0.758. The van der Waals surface area contributed by atoms with E-state index < -0.39 is 0 Å². The van der Waals surface area contributed by atoms with Crippen LogP contribution in [0, 0.1) is 18.3 Å². The summed E-state index contributed by atoms with van der Waals surface area (Å²) < 4.78 is 0. The molecule has 0 saturated heterocycles. The van der Waals surface area contributed by atoms with Crippen molar-refractivity contribution in [1.29, 1.82) is 5.26 Å². The van der Waals surface area contributed by atoms with Crippen LogP contribution in [0.4, 0.5) is 0 Å². The van der Waals surface area contributed by atoms with Gasteiger partial charge in [-0.15, -0.1) is 0 Å². The Balaban J connectivity index is 2.00. The van der Waals surface area contributed by atoms with Gasteiger partial charge in [0.25, 0.3) is 0 Å². The van der Waals surface area contributed by atoms with Crippen LogP contribution >= 0.6 is 0 Å². The molecule has 0 radical (unpaired) electrons. The summed E-state index contributed by atoms with van der Waals surface area (Å²) >= 11 is 0. The van der Waals surface area contributed by atoms with Crippen molar-refractivity contribution in [1.82, 2.24) is 9.97 Å². The maximum Gasteiger partial charge on any atom is 0.149 e. The number of nitriles is 1. The summed E-state index contributed by atoms with van der Waals surface area (Å²) in [6.45, 7) is 2.00. The van der Waals surface area contributed by atoms with Crippen LogP contribution in [0.2, 0.25) is 0 Å². The molecule has 1 aromatic rings. The van der Waals surface area contributed by atoms with Crippen molar-refractivity contribution in [3.8, 4) is 6.07 Å². The zero-order chi connectivity index (χ0) is 11.2. The second-order valence-electron chi connectivity index (χ2n) is 5.08. The van der Waals surface area contributed by atoms with Gasteiger partial charge in [-0.3, -0.25) is 0 Å². The highest BCUT2D eigenvalue weighted by atomic mass is 14.9. The zero-order valence-electron chi connectivity index (χ0n) is 9.53. The Morgan fingerprint density at radius 2 is 2.12 bits per heavy atom. The Hall–Kier alpha value is -1.43. The van der Waals surface area contributed by atoms with Crippen molar-refractivity contribution < 1.29 is 0 Å². The molecule has 1 aromatic heterocycles. The number of aryl methyl sites for hydroxylation is 1. The third kappa shape index (κ3) is 1.41. The molecule has 2 aliphatic rings. The topological polar surface area (TPSA) is 49.6 Å². The smallest absolute Gasteiger partial charge is 0.149 e. The van der Waals surface area contributed by atoms with E-state index in [2.05, 4.69) is 22.1 Å². The van der Waals surface area contributed by atoms with E-state index in [1.807, 2.05) is 6.92 Å². The van der Waals surface area contributed by atoms with Crippen LogP contribution in [0.25, 0.3) is 0 Å². The van der Waals surface area contributed by atoms with Gasteiger partial charge in [-0.25, -0.2) is 9.97 Å². The molecule has 0 atom stereocenters. The lowest BCUT2D eigenvalue weighted by molar-refractivity contribution is 0.408. The predicted octanol–water partition coefficient (Wildman–Crippen LogP) is 2.61. The normalized spacial score (nSPS) is 22.2. The average molecular weight is 213 g/mol. The lowest BCUT2D eigenvalue weighted by atomic mass is 9.82. The molecular weight excluding hydrogens is 198 g/mol. The molecule has 2 saturated carbocycles. The van der Waals surface area contributed by atoms with Gasteiger partial charge in [0.1, 0.15) is 11.2 Å². The summed E-state index contributed by atoms with van der Waals surface area (Å²) in [6.07, 6.45) is 5.66. The molecule has 3 rings (SSSR count). The zero-order valence-corrected chi connectivity index (χ0v) is 9.53. The third-order valence-corrected chi connectivity index (χ3v) is 3.79. The molecule has 0 unspecified atom stereocenters. The Bertz CT molecular complexity index is 465. The standard InChI is InChI=1S/C13H15N3/c1-9-7-11(10-3-2-4-10)16-12(15-9)13(8-14)5-6-13/h7,10H,2-6H2,1H3. The van der Waals surface area contributed by atoms with E-state index >= 15 is 0 Å². The number of nitrogens with zero attached hydrogens (tertiary/aromatic N) is 3. The van der Waals surface area contributed by atoms with Crippen molar-refractivity contribution in [3.63, 3.8) is 0 Å². The van der Waals surface area contributed by atoms with E-state index in [4.69, 9.17) is 0 Å². The molecule has 82 valence electrons. The van der Waals surface area contributed by atoms with Crippen LogP contribution in [0.1, 0.15) is 55.2 Å². The first kappa shape index (κ1) is 9.77. The SMILES string of the molecule is Cc1cc(C2CCC2)nc(C2(C#N)CC2)n1. The van der Waals surface area contributed by atoms with Crippen LogP contribution in [0.15, 0.2) is 6.07 Å². The summed E-state index contributed by atoms with van der Waals surface area (Å²) in [4.78, 5) is 9.07. The van der Waals surface area contributed by atoms with Crippen LogP contribution in [-0.2, 0) is 5.41 Å². The minimum Gasteiger partial charge on any atom is -0.236 e. The highest BCUT2D eigenvalue weighted by molar-refractivity contribution is 5.31. The Labute approximate surface area is 95.5 Å². The van der Waals surface area contributed by atoms with E-state index in [0.29, 0.717) is 5.92 Å². The van der Waals surface area contributed by atoms with E-state index in [1.54, 1.807) is 0 Å². The van der Waals surface area contributed by atoms with E-state index in [0.717, 1.165) is 30.1 Å². The number of rotatable bonds is 2. The van der Waals surface area contributed by atoms with Gasteiger partial charge in [0.15, 0.2) is 0 Å². The summed E-state index contributed by atoms with van der Waals surface area (Å²) in [6, 6.07) is 4.46. The first-order valence-corrected chi connectivity index (χ1v) is 6.01. The number of hydrogen-bond donors (Lipinski definition) is 0. The fourth-order valence-corrected chi connectivity index (χ4v) is 2.23. The van der Waals surface area contributed by atoms with Gasteiger partial charge in [0.05, 0.1) is 6.07 Å². The Morgan fingerprint density at radius 3 is 2.62 bits per heavy atom. The molecule has 3 heteroatoms. The molecule has 0 N–H and O–H groups in total. The lowest BCUT2D eigenvalue weighted by Gasteiger charge is -2.25. The summed E-state index contributed by atoms with van der Waals surface area (Å²) in [7, 11) is 0. The first-order valence-electron chi connectivity index (χ1n) is 6.01. The van der Waals surface area contributed by atoms with Gasteiger partial charge >= 0.3 is 0 Å². The predicted molar refractivity (Wildman–Crippen MR) is 59.9 cm³/mol. The fourth-order valence-electron chi connectivity index (χ4n) is 2.23. The summed E-state index contributed by atoms with van der Waals surface area (Å²) in [5.41, 5.74) is 1.83. The molecule has 0 aromatic carbocycles. The lowest BCUT2D eigenvalue weighted by Crippen LogP contribution is -2.16. The molecule has 0 bridgehead atoms. The highest BCUT2D eigenvalue weighted by Crippen LogP contribution is 2.46.